The molecule has 6 heteroatoms. The van der Waals surface area contributed by atoms with Crippen LogP contribution >= 0.6 is 22.7 Å². The van der Waals surface area contributed by atoms with Crippen molar-refractivity contribution in [3.63, 3.8) is 0 Å². The van der Waals surface area contributed by atoms with Crippen LogP contribution in [0, 0.1) is 25.2 Å². The van der Waals surface area contributed by atoms with Gasteiger partial charge in [0.2, 0.25) is 0 Å². The fourth-order valence-corrected chi connectivity index (χ4v) is 4.70. The van der Waals surface area contributed by atoms with E-state index in [-0.39, 0.29) is 5.91 Å². The molecule has 0 atom stereocenters. The van der Waals surface area contributed by atoms with Crippen LogP contribution in [0.15, 0.2) is 5.51 Å². The third-order valence-corrected chi connectivity index (χ3v) is 6.23. The number of nitriles is 1. The zero-order valence-corrected chi connectivity index (χ0v) is 14.2. The molecule has 0 radical (unpaired) electrons. The molecule has 1 amide bonds. The van der Waals surface area contributed by atoms with Crippen molar-refractivity contribution in [2.45, 2.75) is 45.4 Å². The van der Waals surface area contributed by atoms with Gasteiger partial charge in [-0.1, -0.05) is 12.8 Å². The summed E-state index contributed by atoms with van der Waals surface area (Å²) in [7, 11) is 0. The average molecular weight is 331 g/mol. The molecule has 4 nitrogen and oxygen atoms in total. The van der Waals surface area contributed by atoms with Gasteiger partial charge in [-0.3, -0.25) is 4.79 Å². The second-order valence-electron chi connectivity index (χ2n) is 5.60. The zero-order chi connectivity index (χ0) is 15.7. The van der Waals surface area contributed by atoms with E-state index in [9.17, 15) is 10.1 Å². The molecule has 1 aliphatic rings. The van der Waals surface area contributed by atoms with E-state index in [2.05, 4.69) is 16.4 Å². The van der Waals surface area contributed by atoms with Crippen molar-refractivity contribution in [3.8, 4) is 6.07 Å². The highest BCUT2D eigenvalue weighted by Gasteiger charge is 2.26. The fraction of sp³-hybridized carbons (Fsp3) is 0.438. The maximum atomic E-state index is 12.6. The highest BCUT2D eigenvalue weighted by molar-refractivity contribution is 7.17. The van der Waals surface area contributed by atoms with Crippen LogP contribution < -0.4 is 5.32 Å². The van der Waals surface area contributed by atoms with E-state index in [1.807, 2.05) is 13.8 Å². The number of carbonyl (C=O) groups is 1. The lowest BCUT2D eigenvalue weighted by Crippen LogP contribution is -2.13. The lowest BCUT2D eigenvalue weighted by Gasteiger charge is -2.08. The summed E-state index contributed by atoms with van der Waals surface area (Å²) < 4.78 is 0. The molecule has 0 bridgehead atoms. The highest BCUT2D eigenvalue weighted by Crippen LogP contribution is 2.37. The number of anilines is 1. The summed E-state index contributed by atoms with van der Waals surface area (Å²) in [5, 5.41) is 12.8. The molecule has 114 valence electrons. The summed E-state index contributed by atoms with van der Waals surface area (Å²) in [6.07, 6.45) is 4.66. The Hall–Kier alpha value is -1.71. The van der Waals surface area contributed by atoms with Gasteiger partial charge < -0.3 is 5.32 Å². The molecule has 0 spiro atoms. The third-order valence-electron chi connectivity index (χ3n) is 4.27. The number of hydrogen-bond acceptors (Lipinski definition) is 5. The van der Waals surface area contributed by atoms with Crippen LogP contribution in [0.25, 0.3) is 0 Å². The number of carbonyl (C=O) groups excluding carboxylic acids is 1. The van der Waals surface area contributed by atoms with Crippen LogP contribution in [0.3, 0.4) is 0 Å². The molecule has 0 unspecified atom stereocenters. The molecular weight excluding hydrogens is 314 g/mol. The number of nitrogens with one attached hydrogen (secondary N) is 1. The van der Waals surface area contributed by atoms with Gasteiger partial charge in [0.05, 0.1) is 16.8 Å². The Bertz CT molecular complexity index is 748. The topological polar surface area (TPSA) is 65.8 Å². The normalized spacial score (nSPS) is 15.0. The molecule has 2 heterocycles. The molecule has 2 aromatic rings. The predicted molar refractivity (Wildman–Crippen MR) is 89.8 cm³/mol. The van der Waals surface area contributed by atoms with Crippen molar-refractivity contribution in [2.75, 3.05) is 5.32 Å². The highest BCUT2D eigenvalue weighted by atomic mass is 32.1. The summed E-state index contributed by atoms with van der Waals surface area (Å²) in [6, 6.07) is 2.19. The zero-order valence-electron chi connectivity index (χ0n) is 12.6. The van der Waals surface area contributed by atoms with Gasteiger partial charge in [0.1, 0.15) is 15.9 Å². The second kappa shape index (κ2) is 6.19. The minimum absolute atomic E-state index is 0.137. The summed E-state index contributed by atoms with van der Waals surface area (Å²) >= 11 is 2.85. The molecule has 0 aromatic carbocycles. The molecule has 0 aliphatic heterocycles. The van der Waals surface area contributed by atoms with Gasteiger partial charge in [0, 0.05) is 10.8 Å². The molecule has 1 aliphatic carbocycles. The van der Waals surface area contributed by atoms with E-state index < -0.39 is 0 Å². The Labute approximate surface area is 137 Å². The largest absolute Gasteiger partial charge is 0.312 e. The smallest absolute Gasteiger partial charge is 0.268 e. The molecule has 1 saturated carbocycles. The average Bonchev–Trinajstić information content (AvgIpc) is 3.21. The Morgan fingerprint density at radius 3 is 2.82 bits per heavy atom. The Morgan fingerprint density at radius 1 is 1.41 bits per heavy atom. The van der Waals surface area contributed by atoms with Gasteiger partial charge in [-0.15, -0.1) is 22.7 Å². The van der Waals surface area contributed by atoms with Crippen molar-refractivity contribution < 1.29 is 4.79 Å². The molecule has 1 fully saturated rings. The van der Waals surface area contributed by atoms with E-state index in [0.717, 1.165) is 29.0 Å². The van der Waals surface area contributed by atoms with Crippen LogP contribution in [0.5, 0.6) is 0 Å². The van der Waals surface area contributed by atoms with Gasteiger partial charge >= 0.3 is 0 Å². The number of thiophene rings is 1. The van der Waals surface area contributed by atoms with Crippen molar-refractivity contribution in [3.05, 3.63) is 32.1 Å². The van der Waals surface area contributed by atoms with E-state index in [1.54, 1.807) is 5.51 Å². The number of aryl methyl sites for hydroxylation is 1. The van der Waals surface area contributed by atoms with Crippen molar-refractivity contribution in [1.82, 2.24) is 4.98 Å². The first kappa shape index (κ1) is 15.2. The minimum Gasteiger partial charge on any atom is -0.312 e. The summed E-state index contributed by atoms with van der Waals surface area (Å²) in [5.74, 6) is 0.274. The van der Waals surface area contributed by atoms with E-state index in [1.165, 1.54) is 35.5 Å². The van der Waals surface area contributed by atoms with Gasteiger partial charge in [0.25, 0.3) is 5.91 Å². The van der Waals surface area contributed by atoms with E-state index >= 15 is 0 Å². The first-order valence-electron chi connectivity index (χ1n) is 7.36. The summed E-state index contributed by atoms with van der Waals surface area (Å²) in [4.78, 5) is 18.8. The molecule has 2 aromatic heterocycles. The van der Waals surface area contributed by atoms with Crippen molar-refractivity contribution in [1.29, 1.82) is 5.26 Å². The lowest BCUT2D eigenvalue weighted by molar-refractivity contribution is 0.102. The number of amides is 1. The van der Waals surface area contributed by atoms with Crippen molar-refractivity contribution in [2.24, 2.45) is 0 Å². The van der Waals surface area contributed by atoms with E-state index in [0.29, 0.717) is 21.4 Å². The van der Waals surface area contributed by atoms with Crippen LogP contribution in [0.4, 0.5) is 5.00 Å². The van der Waals surface area contributed by atoms with Gasteiger partial charge in [-0.05, 0) is 32.3 Å². The maximum Gasteiger partial charge on any atom is 0.268 e. The van der Waals surface area contributed by atoms with E-state index in [4.69, 9.17) is 0 Å². The molecule has 22 heavy (non-hydrogen) atoms. The molecule has 0 saturated heterocycles. The second-order valence-corrected chi connectivity index (χ2v) is 7.68. The standard InChI is InChI=1S/C16H17N3OS2/c1-9-10(2)22-16(12(9)7-17)19-15(20)14-13(18-8-21-14)11-5-3-4-6-11/h8,11H,3-6H2,1-2H3,(H,19,20). The SMILES string of the molecule is Cc1sc(NC(=O)c2scnc2C2CCCC2)c(C#N)c1C. The number of rotatable bonds is 3. The molecular formula is C16H17N3OS2. The van der Waals surface area contributed by atoms with Crippen molar-refractivity contribution >= 4 is 33.6 Å². The van der Waals surface area contributed by atoms with Crippen LogP contribution in [-0.4, -0.2) is 10.9 Å². The number of aromatic nitrogens is 1. The first-order chi connectivity index (χ1) is 10.6. The lowest BCUT2D eigenvalue weighted by atomic mass is 10.0. The van der Waals surface area contributed by atoms with Crippen LogP contribution in [0.1, 0.15) is 63.0 Å². The molecule has 3 rings (SSSR count). The number of nitrogens with zero attached hydrogens (tertiary/aromatic N) is 2. The number of thiazole rings is 1. The van der Waals surface area contributed by atoms with Crippen LogP contribution in [0.2, 0.25) is 0 Å². The summed E-state index contributed by atoms with van der Waals surface area (Å²) in [5.41, 5.74) is 4.20. The van der Waals surface area contributed by atoms with Gasteiger partial charge in [-0.25, -0.2) is 4.98 Å². The van der Waals surface area contributed by atoms with Gasteiger partial charge in [-0.2, -0.15) is 5.26 Å². The Kier molecular flexibility index (Phi) is 4.27. The first-order valence-corrected chi connectivity index (χ1v) is 9.06. The quantitative estimate of drug-likeness (QED) is 0.893. The Morgan fingerprint density at radius 2 is 2.14 bits per heavy atom. The Balaban J connectivity index is 1.86. The van der Waals surface area contributed by atoms with Crippen LogP contribution in [-0.2, 0) is 0 Å². The molecule has 1 N–H and O–H groups in total. The third kappa shape index (κ3) is 2.67. The predicted octanol–water partition coefficient (Wildman–Crippen LogP) is 4.60. The maximum absolute atomic E-state index is 12.6. The summed E-state index contributed by atoms with van der Waals surface area (Å²) in [6.45, 7) is 3.88. The minimum atomic E-state index is -0.137. The monoisotopic (exact) mass is 331 g/mol. The fourth-order valence-electron chi connectivity index (χ4n) is 2.92. The number of hydrogen-bond donors (Lipinski definition) is 1. The van der Waals surface area contributed by atoms with Gasteiger partial charge in [0.15, 0.2) is 0 Å².